The van der Waals surface area contributed by atoms with Crippen molar-refractivity contribution in [2.75, 3.05) is 20.8 Å². The molecule has 8 heteroatoms. The number of carbonyl (C=O) groups is 1. The highest BCUT2D eigenvalue weighted by molar-refractivity contribution is 5.81. The van der Waals surface area contributed by atoms with Gasteiger partial charge in [-0.2, -0.15) is 4.98 Å². The van der Waals surface area contributed by atoms with Gasteiger partial charge >= 0.3 is 0 Å². The van der Waals surface area contributed by atoms with Crippen LogP contribution in [-0.4, -0.2) is 42.9 Å². The lowest BCUT2D eigenvalue weighted by Crippen LogP contribution is -2.44. The fourth-order valence-electron chi connectivity index (χ4n) is 1.99. The Kier molecular flexibility index (Phi) is 5.67. The van der Waals surface area contributed by atoms with Gasteiger partial charge in [-0.3, -0.25) is 4.79 Å². The maximum atomic E-state index is 11.9. The zero-order chi connectivity index (χ0) is 16.8. The molecule has 0 aliphatic carbocycles. The number of hydrogen-bond donors (Lipinski definition) is 2. The van der Waals surface area contributed by atoms with E-state index in [9.17, 15) is 4.79 Å². The number of nitrogens with one attached hydrogen (secondary N) is 1. The van der Waals surface area contributed by atoms with Crippen LogP contribution < -0.4 is 15.8 Å². The van der Waals surface area contributed by atoms with Crippen molar-refractivity contribution in [3.8, 4) is 17.1 Å². The van der Waals surface area contributed by atoms with E-state index in [4.69, 9.17) is 19.7 Å². The zero-order valence-corrected chi connectivity index (χ0v) is 13.3. The Bertz CT molecular complexity index is 658. The predicted molar refractivity (Wildman–Crippen MR) is 82.7 cm³/mol. The Labute approximate surface area is 134 Å². The van der Waals surface area contributed by atoms with Gasteiger partial charge in [-0.1, -0.05) is 17.3 Å². The number of aromatic nitrogens is 2. The molecule has 0 aliphatic heterocycles. The predicted octanol–water partition coefficient (Wildman–Crippen LogP) is 0.896. The number of methoxy groups -OCH3 is 2. The second-order valence-electron chi connectivity index (χ2n) is 4.95. The van der Waals surface area contributed by atoms with Crippen LogP contribution in [-0.2, 0) is 9.53 Å². The summed E-state index contributed by atoms with van der Waals surface area (Å²) in [5.41, 5.74) is 6.38. The SMILES string of the molecule is COCC(N)C(=O)NC(C)c1nc(-c2ccccc2OC)no1. The van der Waals surface area contributed by atoms with E-state index in [2.05, 4.69) is 15.5 Å². The van der Waals surface area contributed by atoms with Crippen molar-refractivity contribution in [3.05, 3.63) is 30.2 Å². The van der Waals surface area contributed by atoms with Gasteiger partial charge in [-0.05, 0) is 19.1 Å². The summed E-state index contributed by atoms with van der Waals surface area (Å²) >= 11 is 0. The van der Waals surface area contributed by atoms with Crippen LogP contribution in [0.25, 0.3) is 11.4 Å². The number of hydrogen-bond acceptors (Lipinski definition) is 7. The van der Waals surface area contributed by atoms with E-state index in [1.54, 1.807) is 20.1 Å². The molecular weight excluding hydrogens is 300 g/mol. The molecule has 0 aliphatic rings. The van der Waals surface area contributed by atoms with Gasteiger partial charge in [0.15, 0.2) is 0 Å². The summed E-state index contributed by atoms with van der Waals surface area (Å²) in [6, 6.07) is 6.11. The fraction of sp³-hybridized carbons (Fsp3) is 0.400. The number of ether oxygens (including phenoxy) is 2. The lowest BCUT2D eigenvalue weighted by atomic mass is 10.2. The minimum absolute atomic E-state index is 0.134. The van der Waals surface area contributed by atoms with Crippen molar-refractivity contribution in [2.45, 2.75) is 19.0 Å². The van der Waals surface area contributed by atoms with E-state index in [-0.39, 0.29) is 18.4 Å². The van der Waals surface area contributed by atoms with E-state index in [0.717, 1.165) is 0 Å². The molecule has 2 atom stereocenters. The first-order valence-electron chi connectivity index (χ1n) is 7.08. The first kappa shape index (κ1) is 16.9. The second kappa shape index (κ2) is 7.70. The third kappa shape index (κ3) is 4.05. The smallest absolute Gasteiger partial charge is 0.249 e. The maximum Gasteiger partial charge on any atom is 0.249 e. The summed E-state index contributed by atoms with van der Waals surface area (Å²) < 4.78 is 15.3. The Hall–Kier alpha value is -2.45. The Morgan fingerprint density at radius 3 is 2.83 bits per heavy atom. The number of amides is 1. The van der Waals surface area contributed by atoms with E-state index in [0.29, 0.717) is 17.1 Å². The van der Waals surface area contributed by atoms with Gasteiger partial charge in [0.1, 0.15) is 17.8 Å². The van der Waals surface area contributed by atoms with E-state index in [1.165, 1.54) is 7.11 Å². The number of carbonyl (C=O) groups excluding carboxylic acids is 1. The van der Waals surface area contributed by atoms with Gasteiger partial charge < -0.3 is 25.0 Å². The Morgan fingerprint density at radius 1 is 1.39 bits per heavy atom. The number of rotatable bonds is 7. The van der Waals surface area contributed by atoms with Gasteiger partial charge in [0.2, 0.25) is 17.6 Å². The van der Waals surface area contributed by atoms with Crippen LogP contribution in [0.3, 0.4) is 0 Å². The highest BCUT2D eigenvalue weighted by atomic mass is 16.5. The molecule has 124 valence electrons. The molecule has 0 fully saturated rings. The molecule has 0 spiro atoms. The Morgan fingerprint density at radius 2 is 2.13 bits per heavy atom. The summed E-state index contributed by atoms with van der Waals surface area (Å²) in [6.45, 7) is 1.87. The van der Waals surface area contributed by atoms with Gasteiger partial charge in [0.05, 0.1) is 19.3 Å². The van der Waals surface area contributed by atoms with Crippen molar-refractivity contribution >= 4 is 5.91 Å². The van der Waals surface area contributed by atoms with Crippen LogP contribution in [0.4, 0.5) is 0 Å². The van der Waals surface area contributed by atoms with E-state index in [1.807, 2.05) is 18.2 Å². The molecule has 8 nitrogen and oxygen atoms in total. The van der Waals surface area contributed by atoms with Crippen LogP contribution in [0.5, 0.6) is 5.75 Å². The highest BCUT2D eigenvalue weighted by Crippen LogP contribution is 2.27. The maximum absolute atomic E-state index is 11.9. The molecule has 2 unspecified atom stereocenters. The van der Waals surface area contributed by atoms with E-state index >= 15 is 0 Å². The molecule has 1 aromatic heterocycles. The zero-order valence-electron chi connectivity index (χ0n) is 13.3. The topological polar surface area (TPSA) is 112 Å². The molecular formula is C15H20N4O4. The molecule has 3 N–H and O–H groups in total. The standard InChI is InChI=1S/C15H20N4O4/c1-9(17-14(20)11(16)8-21-2)15-18-13(19-23-15)10-6-4-5-7-12(10)22-3/h4-7,9,11H,8,16H2,1-3H3,(H,17,20). The first-order chi connectivity index (χ1) is 11.1. The average Bonchev–Trinajstić information content (AvgIpc) is 3.04. The minimum Gasteiger partial charge on any atom is -0.496 e. The molecule has 23 heavy (non-hydrogen) atoms. The molecule has 1 heterocycles. The van der Waals surface area contributed by atoms with Crippen molar-refractivity contribution in [1.29, 1.82) is 0 Å². The van der Waals surface area contributed by atoms with Crippen LogP contribution in [0, 0.1) is 0 Å². The summed E-state index contributed by atoms with van der Waals surface area (Å²) in [4.78, 5) is 16.2. The number of nitrogens with two attached hydrogens (primary N) is 1. The summed E-state index contributed by atoms with van der Waals surface area (Å²) in [5.74, 6) is 0.957. The lowest BCUT2D eigenvalue weighted by Gasteiger charge is -2.14. The van der Waals surface area contributed by atoms with Gasteiger partial charge in [0.25, 0.3) is 0 Å². The van der Waals surface area contributed by atoms with Gasteiger partial charge in [-0.15, -0.1) is 0 Å². The van der Waals surface area contributed by atoms with Gasteiger partial charge in [0, 0.05) is 7.11 Å². The molecule has 0 saturated carbocycles. The molecule has 0 saturated heterocycles. The lowest BCUT2D eigenvalue weighted by molar-refractivity contribution is -0.124. The van der Waals surface area contributed by atoms with Crippen molar-refractivity contribution < 1.29 is 18.8 Å². The average molecular weight is 320 g/mol. The second-order valence-corrected chi connectivity index (χ2v) is 4.95. The number of nitrogens with zero attached hydrogens (tertiary/aromatic N) is 2. The van der Waals surface area contributed by atoms with Crippen LogP contribution in [0.1, 0.15) is 18.9 Å². The quantitative estimate of drug-likeness (QED) is 0.779. The van der Waals surface area contributed by atoms with Gasteiger partial charge in [-0.25, -0.2) is 0 Å². The summed E-state index contributed by atoms with van der Waals surface area (Å²) in [5, 5.41) is 6.63. The number of benzene rings is 1. The Balaban J connectivity index is 2.11. The molecule has 0 bridgehead atoms. The molecule has 1 aromatic carbocycles. The molecule has 2 aromatic rings. The largest absolute Gasteiger partial charge is 0.496 e. The van der Waals surface area contributed by atoms with Crippen molar-refractivity contribution in [3.63, 3.8) is 0 Å². The summed E-state index contributed by atoms with van der Waals surface area (Å²) in [7, 11) is 3.05. The van der Waals surface area contributed by atoms with Crippen molar-refractivity contribution in [1.82, 2.24) is 15.5 Å². The van der Waals surface area contributed by atoms with Crippen LogP contribution in [0.2, 0.25) is 0 Å². The monoisotopic (exact) mass is 320 g/mol. The highest BCUT2D eigenvalue weighted by Gasteiger charge is 2.21. The normalized spacial score (nSPS) is 13.4. The third-order valence-electron chi connectivity index (χ3n) is 3.20. The minimum atomic E-state index is -0.751. The molecule has 1 amide bonds. The number of para-hydroxylation sites is 1. The van der Waals surface area contributed by atoms with Crippen molar-refractivity contribution in [2.24, 2.45) is 5.73 Å². The summed E-state index contributed by atoms with van der Waals surface area (Å²) in [6.07, 6.45) is 0. The third-order valence-corrected chi connectivity index (χ3v) is 3.20. The van der Waals surface area contributed by atoms with Crippen LogP contribution in [0.15, 0.2) is 28.8 Å². The fourth-order valence-corrected chi connectivity index (χ4v) is 1.99. The molecule has 2 rings (SSSR count). The van der Waals surface area contributed by atoms with E-state index < -0.39 is 12.1 Å². The van der Waals surface area contributed by atoms with Crippen LogP contribution >= 0.6 is 0 Å². The molecule has 0 radical (unpaired) electrons. The first-order valence-corrected chi connectivity index (χ1v) is 7.08.